The second kappa shape index (κ2) is 9.33. The lowest BCUT2D eigenvalue weighted by atomic mass is 10.1. The molecular formula is C24H20FN5O3. The van der Waals surface area contributed by atoms with Gasteiger partial charge >= 0.3 is 5.97 Å². The third-order valence-corrected chi connectivity index (χ3v) is 4.85. The van der Waals surface area contributed by atoms with Gasteiger partial charge in [0, 0.05) is 11.1 Å². The summed E-state index contributed by atoms with van der Waals surface area (Å²) in [5.41, 5.74) is 8.34. The number of carbonyl (C=O) groups is 1. The number of esters is 1. The summed E-state index contributed by atoms with van der Waals surface area (Å²) >= 11 is 0. The van der Waals surface area contributed by atoms with Crippen LogP contribution in [0.1, 0.15) is 21.8 Å². The van der Waals surface area contributed by atoms with Crippen molar-refractivity contribution in [2.75, 3.05) is 12.1 Å². The number of hydrogen-bond acceptors (Lipinski definition) is 8. The number of aromatic nitrogens is 2. The van der Waals surface area contributed by atoms with E-state index in [1.807, 2.05) is 6.07 Å². The monoisotopic (exact) mass is 445 g/mol. The number of rotatable bonds is 6. The molecule has 4 aromatic rings. The number of nitrogens with zero attached hydrogens (tertiary/aromatic N) is 3. The van der Waals surface area contributed by atoms with Crippen molar-refractivity contribution in [2.24, 2.45) is 11.6 Å². The Morgan fingerprint density at radius 3 is 2.42 bits per heavy atom. The van der Waals surface area contributed by atoms with Crippen LogP contribution < -0.4 is 16.6 Å². The number of benzene rings is 3. The van der Waals surface area contributed by atoms with Gasteiger partial charge in [-0.05, 0) is 24.3 Å². The van der Waals surface area contributed by atoms with Crippen molar-refractivity contribution in [2.45, 2.75) is 0 Å². The molecule has 0 atom stereocenters. The molecule has 9 heteroatoms. The Morgan fingerprint density at radius 1 is 1.00 bits per heavy atom. The second-order valence-electron chi connectivity index (χ2n) is 6.95. The highest BCUT2D eigenvalue weighted by Gasteiger charge is 2.22. The van der Waals surface area contributed by atoms with Crippen LogP contribution in [0, 0.1) is 5.82 Å². The first-order valence-corrected chi connectivity index (χ1v) is 9.87. The highest BCUT2D eigenvalue weighted by molar-refractivity contribution is 5.94. The average Bonchev–Trinajstić information content (AvgIpc) is 3.35. The van der Waals surface area contributed by atoms with E-state index in [0.29, 0.717) is 16.7 Å². The summed E-state index contributed by atoms with van der Waals surface area (Å²) in [6, 6.07) is 21.6. The molecule has 166 valence electrons. The van der Waals surface area contributed by atoms with Gasteiger partial charge in [0.25, 0.3) is 5.89 Å². The molecule has 4 rings (SSSR count). The Kier molecular flexibility index (Phi) is 6.14. The first-order valence-electron chi connectivity index (χ1n) is 9.87. The van der Waals surface area contributed by atoms with Crippen molar-refractivity contribution >= 4 is 23.1 Å². The molecule has 1 aromatic heterocycles. The number of hydrazine groups is 1. The van der Waals surface area contributed by atoms with Crippen LogP contribution in [0.3, 0.4) is 0 Å². The molecule has 8 nitrogen and oxygen atoms in total. The molecule has 0 aliphatic heterocycles. The number of hydrogen-bond donors (Lipinski definition) is 2. The van der Waals surface area contributed by atoms with Gasteiger partial charge in [0.15, 0.2) is 0 Å². The summed E-state index contributed by atoms with van der Waals surface area (Å²) < 4.78 is 24.6. The van der Waals surface area contributed by atoms with Crippen LogP contribution in [0.15, 0.2) is 83.4 Å². The van der Waals surface area contributed by atoms with Crippen LogP contribution in [0.5, 0.6) is 0 Å². The Balaban J connectivity index is 1.80. The predicted octanol–water partition coefficient (Wildman–Crippen LogP) is 3.83. The van der Waals surface area contributed by atoms with Crippen LogP contribution in [-0.2, 0) is 4.74 Å². The molecule has 0 amide bonds. The van der Waals surface area contributed by atoms with Gasteiger partial charge in [-0.15, -0.1) is 0 Å². The highest BCUT2D eigenvalue weighted by atomic mass is 19.1. The van der Waals surface area contributed by atoms with Crippen molar-refractivity contribution in [1.29, 1.82) is 0 Å². The van der Waals surface area contributed by atoms with Crippen LogP contribution in [-0.4, -0.2) is 23.2 Å². The molecule has 1 heterocycles. The Morgan fingerprint density at radius 2 is 1.70 bits per heavy atom. The zero-order valence-electron chi connectivity index (χ0n) is 17.6. The zero-order valence-corrected chi connectivity index (χ0v) is 17.6. The fourth-order valence-corrected chi connectivity index (χ4v) is 3.24. The average molecular weight is 445 g/mol. The van der Waals surface area contributed by atoms with Crippen molar-refractivity contribution in [3.63, 3.8) is 0 Å². The lowest BCUT2D eigenvalue weighted by Crippen LogP contribution is -2.32. The normalized spacial score (nSPS) is 11.6. The Labute approximate surface area is 188 Å². The van der Waals surface area contributed by atoms with E-state index in [9.17, 15) is 9.18 Å². The van der Waals surface area contributed by atoms with Gasteiger partial charge in [0.1, 0.15) is 11.5 Å². The van der Waals surface area contributed by atoms with Crippen molar-refractivity contribution < 1.29 is 18.4 Å². The molecule has 0 aliphatic carbocycles. The standard InChI is InChI=1S/C24H20FN5O3/c1-32-24(31)17-11-7-10-16(14-17)22-28-23(33-29-22)20(26)21(15-8-3-2-4-9-15)30(27)19-13-6-5-12-18(19)25/h2-14H,26-27H2,1H3/b21-20-. The molecule has 0 saturated carbocycles. The molecule has 3 aromatic carbocycles. The molecule has 33 heavy (non-hydrogen) atoms. The quantitative estimate of drug-likeness (QED) is 0.261. The molecule has 0 unspecified atom stereocenters. The smallest absolute Gasteiger partial charge is 0.337 e. The van der Waals surface area contributed by atoms with E-state index in [2.05, 4.69) is 10.1 Å². The van der Waals surface area contributed by atoms with E-state index in [0.717, 1.165) is 5.01 Å². The first-order chi connectivity index (χ1) is 16.0. The lowest BCUT2D eigenvalue weighted by Gasteiger charge is -2.24. The minimum Gasteiger partial charge on any atom is -0.465 e. The van der Waals surface area contributed by atoms with Gasteiger partial charge in [0.2, 0.25) is 5.82 Å². The first kappa shape index (κ1) is 21.7. The number of carbonyl (C=O) groups excluding carboxylic acids is 1. The van der Waals surface area contributed by atoms with E-state index in [-0.39, 0.29) is 28.8 Å². The SMILES string of the molecule is COC(=O)c1cccc(-c2noc(/C(N)=C(\c3ccccc3)N(N)c3ccccc3F)n2)c1. The highest BCUT2D eigenvalue weighted by Crippen LogP contribution is 2.30. The summed E-state index contributed by atoms with van der Waals surface area (Å²) in [6.07, 6.45) is 0. The van der Waals surface area contributed by atoms with Crippen molar-refractivity contribution in [3.8, 4) is 11.4 Å². The maximum absolute atomic E-state index is 14.5. The van der Waals surface area contributed by atoms with Gasteiger partial charge < -0.3 is 15.0 Å². The Bertz CT molecular complexity index is 1320. The molecule has 0 bridgehead atoms. The maximum atomic E-state index is 14.5. The third-order valence-electron chi connectivity index (χ3n) is 4.85. The fraction of sp³-hybridized carbons (Fsp3) is 0.0417. The number of ether oxygens (including phenoxy) is 1. The van der Waals surface area contributed by atoms with Crippen LogP contribution >= 0.6 is 0 Å². The number of anilines is 1. The third kappa shape index (κ3) is 4.43. The van der Waals surface area contributed by atoms with Gasteiger partial charge in [-0.3, -0.25) is 5.01 Å². The molecule has 0 radical (unpaired) electrons. The predicted molar refractivity (Wildman–Crippen MR) is 122 cm³/mol. The summed E-state index contributed by atoms with van der Waals surface area (Å²) in [7, 11) is 1.30. The molecule has 0 aliphatic rings. The minimum atomic E-state index is -0.521. The molecule has 0 saturated heterocycles. The number of methoxy groups -OCH3 is 1. The van der Waals surface area contributed by atoms with Crippen molar-refractivity contribution in [1.82, 2.24) is 10.1 Å². The van der Waals surface area contributed by atoms with Crippen LogP contribution in [0.2, 0.25) is 0 Å². The van der Waals surface area contributed by atoms with Crippen LogP contribution in [0.4, 0.5) is 10.1 Å². The summed E-state index contributed by atoms with van der Waals surface area (Å²) in [4.78, 5) is 16.2. The molecule has 4 N–H and O–H groups in total. The van der Waals surface area contributed by atoms with Gasteiger partial charge in [-0.2, -0.15) is 4.98 Å². The Hall–Kier alpha value is -4.50. The maximum Gasteiger partial charge on any atom is 0.337 e. The number of halogens is 1. The van der Waals surface area contributed by atoms with E-state index in [1.165, 1.54) is 19.2 Å². The summed E-state index contributed by atoms with van der Waals surface area (Å²) in [5, 5.41) is 5.11. The molecule has 0 spiro atoms. The topological polar surface area (TPSA) is 120 Å². The zero-order chi connectivity index (χ0) is 23.4. The largest absolute Gasteiger partial charge is 0.465 e. The van der Waals surface area contributed by atoms with E-state index in [4.69, 9.17) is 20.8 Å². The van der Waals surface area contributed by atoms with Gasteiger partial charge in [0.05, 0.1) is 24.1 Å². The lowest BCUT2D eigenvalue weighted by molar-refractivity contribution is 0.0601. The number of para-hydroxylation sites is 1. The van der Waals surface area contributed by atoms with Crippen LogP contribution in [0.25, 0.3) is 22.8 Å². The molecular weight excluding hydrogens is 425 g/mol. The van der Waals surface area contributed by atoms with E-state index in [1.54, 1.807) is 60.7 Å². The second-order valence-corrected chi connectivity index (χ2v) is 6.95. The summed E-state index contributed by atoms with van der Waals surface area (Å²) in [6.45, 7) is 0. The number of nitrogens with two attached hydrogens (primary N) is 2. The minimum absolute atomic E-state index is 0.0147. The van der Waals surface area contributed by atoms with E-state index >= 15 is 0 Å². The summed E-state index contributed by atoms with van der Waals surface area (Å²) in [5.74, 6) is 5.49. The van der Waals surface area contributed by atoms with E-state index < -0.39 is 11.8 Å². The van der Waals surface area contributed by atoms with Gasteiger partial charge in [-0.1, -0.05) is 59.8 Å². The molecule has 0 fully saturated rings. The van der Waals surface area contributed by atoms with Gasteiger partial charge in [-0.25, -0.2) is 15.0 Å². The fourth-order valence-electron chi connectivity index (χ4n) is 3.24. The van der Waals surface area contributed by atoms with Crippen molar-refractivity contribution in [3.05, 3.63) is 102 Å².